The van der Waals surface area contributed by atoms with Crippen LogP contribution in [0.3, 0.4) is 0 Å². The maximum absolute atomic E-state index is 10.6. The quantitative estimate of drug-likeness (QED) is 0.391. The third kappa shape index (κ3) is 15.7. The minimum Gasteiger partial charge on any atom is -0.475 e. The molecule has 2 aliphatic heterocycles. The molecule has 2 aliphatic rings. The first-order valence-electron chi connectivity index (χ1n) is 11.9. The Balaban J connectivity index is 0.000000690. The van der Waals surface area contributed by atoms with Gasteiger partial charge in [-0.05, 0) is 24.1 Å². The van der Waals surface area contributed by atoms with Crippen LogP contribution in [0.5, 0.6) is 0 Å². The Kier molecular flexibility index (Phi) is 16.4. The van der Waals surface area contributed by atoms with Crippen LogP contribution in [0.2, 0.25) is 0 Å². The number of alkyl halides is 9. The highest BCUT2D eigenvalue weighted by Gasteiger charge is 2.44. The first-order valence-corrected chi connectivity index (χ1v) is 11.9. The van der Waals surface area contributed by atoms with E-state index < -0.39 is 36.4 Å². The van der Waals surface area contributed by atoms with E-state index in [1.165, 1.54) is 5.56 Å². The lowest BCUT2D eigenvalue weighted by Crippen LogP contribution is -2.50. The summed E-state index contributed by atoms with van der Waals surface area (Å²) in [7, 11) is 3.63. The molecule has 0 aliphatic carbocycles. The molecule has 20 heteroatoms. The first-order chi connectivity index (χ1) is 19.6. The predicted molar refractivity (Wildman–Crippen MR) is 127 cm³/mol. The summed E-state index contributed by atoms with van der Waals surface area (Å²) in [4.78, 5) is 36.0. The van der Waals surface area contributed by atoms with Crippen molar-refractivity contribution in [1.82, 2.24) is 14.8 Å². The summed E-state index contributed by atoms with van der Waals surface area (Å²) in [5.41, 5.74) is 1.35. The summed E-state index contributed by atoms with van der Waals surface area (Å²) in [6, 6.07) is 4.83. The van der Waals surface area contributed by atoms with Gasteiger partial charge in [0, 0.05) is 71.3 Å². The zero-order valence-electron chi connectivity index (χ0n) is 22.6. The van der Waals surface area contributed by atoms with Gasteiger partial charge in [0.25, 0.3) is 0 Å². The number of piperidine rings is 1. The van der Waals surface area contributed by atoms with Gasteiger partial charge in [-0.2, -0.15) is 39.5 Å². The molecule has 248 valence electrons. The number of ether oxygens (including phenoxy) is 2. The molecule has 3 heterocycles. The molecule has 0 radical (unpaired) electrons. The van der Waals surface area contributed by atoms with Crippen LogP contribution in [0.25, 0.3) is 0 Å². The third-order valence-electron chi connectivity index (χ3n) is 5.83. The van der Waals surface area contributed by atoms with Gasteiger partial charge in [0.05, 0.1) is 12.7 Å². The molecule has 3 rings (SSSR count). The van der Waals surface area contributed by atoms with Gasteiger partial charge in [-0.3, -0.25) is 14.8 Å². The second-order valence-electron chi connectivity index (χ2n) is 8.78. The number of likely N-dealkylation sites (tertiary alicyclic amines) is 2. The van der Waals surface area contributed by atoms with Crippen molar-refractivity contribution >= 4 is 17.9 Å². The highest BCUT2D eigenvalue weighted by atomic mass is 19.4. The second kappa shape index (κ2) is 17.8. The fourth-order valence-electron chi connectivity index (χ4n) is 3.93. The van der Waals surface area contributed by atoms with Crippen molar-refractivity contribution in [3.05, 3.63) is 30.1 Å². The number of fused-ring (bicyclic) bond motifs is 1. The molecule has 3 N–H and O–H groups in total. The third-order valence-corrected chi connectivity index (χ3v) is 5.83. The monoisotopic (exact) mass is 647 g/mol. The molecule has 2 fully saturated rings. The molecule has 2 saturated heterocycles. The zero-order chi connectivity index (χ0) is 33.6. The first kappa shape index (κ1) is 39.8. The average molecular weight is 647 g/mol. The van der Waals surface area contributed by atoms with Gasteiger partial charge in [0.15, 0.2) is 0 Å². The Morgan fingerprint density at radius 2 is 1.30 bits per heavy atom. The molecule has 0 bridgehead atoms. The summed E-state index contributed by atoms with van der Waals surface area (Å²) in [5, 5.41) is 21.4. The summed E-state index contributed by atoms with van der Waals surface area (Å²) in [5.74, 6) is -7.66. The number of carboxylic acids is 3. The number of pyridine rings is 1. The van der Waals surface area contributed by atoms with Crippen LogP contribution in [0.15, 0.2) is 24.5 Å². The van der Waals surface area contributed by atoms with E-state index in [1.54, 1.807) is 7.11 Å². The van der Waals surface area contributed by atoms with E-state index >= 15 is 0 Å². The topological polar surface area (TPSA) is 150 Å². The normalized spacial score (nSPS) is 20.7. The lowest BCUT2D eigenvalue weighted by molar-refractivity contribution is -0.193. The van der Waals surface area contributed by atoms with E-state index in [9.17, 15) is 39.5 Å². The van der Waals surface area contributed by atoms with Gasteiger partial charge in [-0.25, -0.2) is 14.4 Å². The highest BCUT2D eigenvalue weighted by Crippen LogP contribution is 2.33. The van der Waals surface area contributed by atoms with E-state index in [0.29, 0.717) is 18.1 Å². The van der Waals surface area contributed by atoms with Crippen molar-refractivity contribution in [2.24, 2.45) is 5.92 Å². The van der Waals surface area contributed by atoms with Gasteiger partial charge in [-0.15, -0.1) is 0 Å². The summed E-state index contributed by atoms with van der Waals surface area (Å²) in [6.07, 6.45) is -9.96. The molecular weight excluding hydrogens is 617 g/mol. The SMILES string of the molecule is COCCN1C[C@@H]2[C@@H](OC)CCN(Cc3ccncc3)[C@@H]2C1.O=C(O)C(F)(F)F.O=C(O)C(F)(F)F.O=C(O)C(F)(F)F. The van der Waals surface area contributed by atoms with Crippen molar-refractivity contribution in [1.29, 1.82) is 0 Å². The smallest absolute Gasteiger partial charge is 0.475 e. The van der Waals surface area contributed by atoms with Crippen LogP contribution < -0.4 is 0 Å². The molecule has 0 spiro atoms. The van der Waals surface area contributed by atoms with Crippen LogP contribution in [0.1, 0.15) is 12.0 Å². The fourth-order valence-corrected chi connectivity index (χ4v) is 3.93. The van der Waals surface area contributed by atoms with Crippen LogP contribution >= 0.6 is 0 Å². The molecule has 1 aromatic heterocycles. The average Bonchev–Trinajstić information content (AvgIpc) is 3.32. The Labute approximate surface area is 238 Å². The molecule has 11 nitrogen and oxygen atoms in total. The molecule has 0 aromatic carbocycles. The molecular formula is C23H30F9N3O8. The summed E-state index contributed by atoms with van der Waals surface area (Å²) >= 11 is 0. The largest absolute Gasteiger partial charge is 0.490 e. The van der Waals surface area contributed by atoms with Crippen molar-refractivity contribution in [2.75, 3.05) is 47.0 Å². The number of aliphatic carboxylic acids is 3. The number of carbonyl (C=O) groups is 3. The van der Waals surface area contributed by atoms with Crippen LogP contribution in [0, 0.1) is 5.92 Å². The Hall–Kier alpha value is -3.23. The minimum atomic E-state index is -5.08. The Morgan fingerprint density at radius 1 is 0.860 bits per heavy atom. The molecule has 0 unspecified atom stereocenters. The van der Waals surface area contributed by atoms with Gasteiger partial charge in [0.1, 0.15) is 0 Å². The number of nitrogens with zero attached hydrogens (tertiary/aromatic N) is 3. The molecule has 0 saturated carbocycles. The maximum atomic E-state index is 10.6. The zero-order valence-corrected chi connectivity index (χ0v) is 22.6. The van der Waals surface area contributed by atoms with E-state index in [1.807, 2.05) is 19.5 Å². The number of carboxylic acid groups (broad SMARTS) is 3. The minimum absolute atomic E-state index is 0.395. The lowest BCUT2D eigenvalue weighted by Gasteiger charge is -2.41. The molecule has 1 aromatic rings. The van der Waals surface area contributed by atoms with Gasteiger partial charge < -0.3 is 24.8 Å². The van der Waals surface area contributed by atoms with Gasteiger partial charge >= 0.3 is 36.4 Å². The van der Waals surface area contributed by atoms with Crippen molar-refractivity contribution in [2.45, 2.75) is 43.6 Å². The summed E-state index contributed by atoms with van der Waals surface area (Å²) < 4.78 is 106. The summed E-state index contributed by atoms with van der Waals surface area (Å²) in [6.45, 7) is 6.20. The van der Waals surface area contributed by atoms with Crippen molar-refractivity contribution < 1.29 is 78.7 Å². The van der Waals surface area contributed by atoms with E-state index in [2.05, 4.69) is 26.9 Å². The van der Waals surface area contributed by atoms with Gasteiger partial charge in [0.2, 0.25) is 0 Å². The number of aromatic nitrogens is 1. The molecule has 43 heavy (non-hydrogen) atoms. The van der Waals surface area contributed by atoms with Crippen LogP contribution in [-0.4, -0.2) is 126 Å². The van der Waals surface area contributed by atoms with Crippen molar-refractivity contribution in [3.63, 3.8) is 0 Å². The van der Waals surface area contributed by atoms with Crippen molar-refractivity contribution in [3.8, 4) is 0 Å². The Bertz CT molecular complexity index is 938. The number of methoxy groups -OCH3 is 2. The van der Waals surface area contributed by atoms with Crippen LogP contribution in [-0.2, 0) is 30.4 Å². The molecule has 3 atom stereocenters. The fraction of sp³-hybridized carbons (Fsp3) is 0.652. The number of hydrogen-bond acceptors (Lipinski definition) is 8. The van der Waals surface area contributed by atoms with E-state index in [-0.39, 0.29) is 0 Å². The highest BCUT2D eigenvalue weighted by molar-refractivity contribution is 5.73. The maximum Gasteiger partial charge on any atom is 0.490 e. The van der Waals surface area contributed by atoms with Gasteiger partial charge in [-0.1, -0.05) is 0 Å². The van der Waals surface area contributed by atoms with E-state index in [4.69, 9.17) is 39.2 Å². The Morgan fingerprint density at radius 3 is 1.67 bits per heavy atom. The molecule has 0 amide bonds. The second-order valence-corrected chi connectivity index (χ2v) is 8.78. The number of hydrogen-bond donors (Lipinski definition) is 3. The number of halogens is 9. The lowest BCUT2D eigenvalue weighted by atomic mass is 9.88. The van der Waals surface area contributed by atoms with E-state index in [0.717, 1.165) is 45.8 Å². The standard InChI is InChI=1S/C17H27N3O2.3C2HF3O2/c1-21-10-9-19-12-15-16(13-19)20(8-5-17(15)22-2)11-14-3-6-18-7-4-14;3*3-2(4,5)1(6)7/h3-4,6-7,15-17H,5,8-13H2,1-2H3;3*(H,6,7)/t15-,16+,17-;;;/m0.../s1. The number of rotatable bonds is 6. The van der Waals surface area contributed by atoms with Crippen LogP contribution in [0.4, 0.5) is 39.5 Å². The predicted octanol–water partition coefficient (Wildman–Crippen LogP) is 3.15.